The number of sulfonamides is 1. The van der Waals surface area contributed by atoms with Crippen molar-refractivity contribution in [1.29, 1.82) is 0 Å². The number of piperidine rings is 1. The van der Waals surface area contributed by atoms with Gasteiger partial charge in [-0.05, 0) is 44.1 Å². The van der Waals surface area contributed by atoms with Gasteiger partial charge >= 0.3 is 24.0 Å². The largest absolute Gasteiger partial charge is 0.490 e. The zero-order valence-corrected chi connectivity index (χ0v) is 19.2. The zero-order valence-electron chi connectivity index (χ0n) is 18.4. The van der Waals surface area contributed by atoms with Crippen molar-refractivity contribution in [2.24, 2.45) is 10.2 Å². The third kappa shape index (κ3) is 6.43. The van der Waals surface area contributed by atoms with E-state index in [4.69, 9.17) is 9.90 Å². The summed E-state index contributed by atoms with van der Waals surface area (Å²) in [7, 11) is -4.30. The van der Waals surface area contributed by atoms with Crippen LogP contribution in [-0.4, -0.2) is 60.6 Å². The molecule has 2 aromatic rings. The van der Waals surface area contributed by atoms with Crippen LogP contribution in [0.15, 0.2) is 51.7 Å². The van der Waals surface area contributed by atoms with E-state index in [1.54, 1.807) is 10.9 Å². The molecular formula is C19H18F6N6O5S. The number of carbonyl (C=O) groups is 2. The first-order chi connectivity index (χ1) is 17.1. The quantitative estimate of drug-likeness (QED) is 0.479. The Labute approximate surface area is 204 Å². The minimum atomic E-state index is -5.08. The van der Waals surface area contributed by atoms with E-state index >= 15 is 0 Å². The molecule has 0 bridgehead atoms. The average molecular weight is 556 g/mol. The predicted octanol–water partition coefficient (Wildman–Crippen LogP) is 2.74. The number of halogens is 6. The maximum absolute atomic E-state index is 13.0. The van der Waals surface area contributed by atoms with Crippen molar-refractivity contribution in [3.63, 3.8) is 0 Å². The summed E-state index contributed by atoms with van der Waals surface area (Å²) in [6.07, 6.45) is -6.50. The molecule has 202 valence electrons. The van der Waals surface area contributed by atoms with Gasteiger partial charge in [0.25, 0.3) is 15.9 Å². The Hall–Kier alpha value is -3.54. The van der Waals surface area contributed by atoms with Gasteiger partial charge < -0.3 is 10.4 Å². The molecule has 0 saturated carbocycles. The average Bonchev–Trinajstić information content (AvgIpc) is 3.50. The number of alkyl halides is 6. The molecule has 2 aliphatic heterocycles. The molecule has 3 heterocycles. The molecule has 1 fully saturated rings. The van der Waals surface area contributed by atoms with Gasteiger partial charge in [0.2, 0.25) is 0 Å². The first-order valence-corrected chi connectivity index (χ1v) is 11.8. The summed E-state index contributed by atoms with van der Waals surface area (Å²) in [5.74, 6) is -3.68. The molecular weight excluding hydrogens is 538 g/mol. The van der Waals surface area contributed by atoms with E-state index < -0.39 is 39.9 Å². The van der Waals surface area contributed by atoms with Crippen molar-refractivity contribution < 1.29 is 49.5 Å². The first-order valence-electron chi connectivity index (χ1n) is 10.3. The van der Waals surface area contributed by atoms with Gasteiger partial charge in [0.15, 0.2) is 5.69 Å². The van der Waals surface area contributed by atoms with E-state index in [0.29, 0.717) is 0 Å². The van der Waals surface area contributed by atoms with Crippen molar-refractivity contribution in [2.75, 3.05) is 13.1 Å². The summed E-state index contributed by atoms with van der Waals surface area (Å²) < 4.78 is 99.3. The van der Waals surface area contributed by atoms with Crippen LogP contribution in [0.1, 0.15) is 34.9 Å². The lowest BCUT2D eigenvalue weighted by Gasteiger charge is -2.22. The number of amides is 1. The number of hydrogen-bond acceptors (Lipinski definition) is 8. The molecule has 1 aromatic heterocycles. The molecule has 11 nitrogen and oxygen atoms in total. The second-order valence-corrected chi connectivity index (χ2v) is 9.48. The van der Waals surface area contributed by atoms with Crippen LogP contribution in [0.4, 0.5) is 26.3 Å². The van der Waals surface area contributed by atoms with Gasteiger partial charge in [-0.15, -0.1) is 10.2 Å². The lowest BCUT2D eigenvalue weighted by Crippen LogP contribution is -2.32. The molecule has 0 radical (unpaired) electrons. The van der Waals surface area contributed by atoms with E-state index in [-0.39, 0.29) is 22.2 Å². The Morgan fingerprint density at radius 3 is 2.03 bits per heavy atom. The lowest BCUT2D eigenvalue weighted by atomic mass is 10.0. The number of carboxylic acid groups (broad SMARTS) is 1. The molecule has 3 N–H and O–H groups in total. The minimum absolute atomic E-state index is 0.0691. The number of nitrogens with one attached hydrogen (secondary N) is 2. The second-order valence-electron chi connectivity index (χ2n) is 7.79. The summed E-state index contributed by atoms with van der Waals surface area (Å²) in [6.45, 7) is 1.65. The molecule has 0 unspecified atom stereocenters. The van der Waals surface area contributed by atoms with Crippen molar-refractivity contribution in [2.45, 2.75) is 41.8 Å². The highest BCUT2D eigenvalue weighted by atomic mass is 32.2. The number of rotatable bonds is 5. The van der Waals surface area contributed by atoms with Crippen LogP contribution >= 0.6 is 0 Å². The Balaban J connectivity index is 0.000000479. The smallest absolute Gasteiger partial charge is 0.475 e. The summed E-state index contributed by atoms with van der Waals surface area (Å²) in [5, 5.41) is 20.6. The number of carbonyl (C=O) groups excluding carboxylic acids is 1. The number of aliphatic carboxylic acids is 1. The fraction of sp³-hybridized carbons (Fsp3) is 0.421. The highest BCUT2D eigenvalue weighted by Crippen LogP contribution is 2.52. The fourth-order valence-corrected chi connectivity index (χ4v) is 4.24. The number of benzene rings is 1. The molecule has 0 spiro atoms. The van der Waals surface area contributed by atoms with Gasteiger partial charge in [0, 0.05) is 11.8 Å². The Morgan fingerprint density at radius 1 is 1.03 bits per heavy atom. The molecule has 1 aromatic carbocycles. The van der Waals surface area contributed by atoms with E-state index in [9.17, 15) is 39.6 Å². The minimum Gasteiger partial charge on any atom is -0.475 e. The number of hydrogen-bond donors (Lipinski definition) is 3. The second kappa shape index (κ2) is 10.1. The normalized spacial score (nSPS) is 17.5. The molecule has 1 saturated heterocycles. The number of carboxylic acids is 1. The first kappa shape index (κ1) is 28.0. The molecule has 37 heavy (non-hydrogen) atoms. The van der Waals surface area contributed by atoms with Gasteiger partial charge in [-0.2, -0.15) is 31.4 Å². The molecule has 0 atom stereocenters. The van der Waals surface area contributed by atoms with Crippen LogP contribution in [0.25, 0.3) is 0 Å². The van der Waals surface area contributed by atoms with E-state index in [0.717, 1.165) is 50.2 Å². The van der Waals surface area contributed by atoms with Crippen LogP contribution in [-0.2, 0) is 20.5 Å². The third-order valence-corrected chi connectivity index (χ3v) is 6.60. The monoisotopic (exact) mass is 556 g/mol. The SMILES string of the molecule is O=C(NS(=O)(=O)c1ccc(C2(C(F)(F)F)N=N2)cc1)c1ccn(C2CCNCC2)n1.O=C(O)C(F)(F)F. The van der Waals surface area contributed by atoms with Crippen LogP contribution in [0, 0.1) is 0 Å². The van der Waals surface area contributed by atoms with Crippen LogP contribution in [0.5, 0.6) is 0 Å². The Morgan fingerprint density at radius 2 is 1.57 bits per heavy atom. The lowest BCUT2D eigenvalue weighted by molar-refractivity contribution is -0.192. The van der Waals surface area contributed by atoms with Crippen molar-refractivity contribution in [3.05, 3.63) is 47.8 Å². The van der Waals surface area contributed by atoms with Crippen molar-refractivity contribution in [3.8, 4) is 0 Å². The summed E-state index contributed by atoms with van der Waals surface area (Å²) in [6, 6.07) is 5.41. The van der Waals surface area contributed by atoms with Gasteiger partial charge in [0.05, 0.1) is 10.9 Å². The maximum Gasteiger partial charge on any atom is 0.490 e. The highest BCUT2D eigenvalue weighted by molar-refractivity contribution is 7.90. The number of nitrogens with zero attached hydrogens (tertiary/aromatic N) is 4. The molecule has 1 amide bonds. The fourth-order valence-electron chi connectivity index (χ4n) is 3.28. The standard InChI is InChI=1S/C17H17F3N6O3S.C2HF3O2/c18-17(19,20)16(24-25-16)11-1-3-13(4-2-11)30(28,29)23-15(27)14-7-10-26(22-14)12-5-8-21-9-6-12;3-2(4,5)1(6)7/h1-4,7,10,12,21H,5-6,8-9H2,(H,23,27);(H,6,7). The molecule has 4 rings (SSSR count). The third-order valence-electron chi connectivity index (χ3n) is 5.26. The van der Waals surface area contributed by atoms with Gasteiger partial charge in [-0.25, -0.2) is 17.9 Å². The summed E-state index contributed by atoms with van der Waals surface area (Å²) in [5.41, 5.74) is -3.01. The Kier molecular flexibility index (Phi) is 7.64. The highest BCUT2D eigenvalue weighted by Gasteiger charge is 2.65. The maximum atomic E-state index is 13.0. The van der Waals surface area contributed by atoms with Crippen LogP contribution in [0.3, 0.4) is 0 Å². The summed E-state index contributed by atoms with van der Waals surface area (Å²) in [4.78, 5) is 20.9. The zero-order chi connectivity index (χ0) is 27.6. The van der Waals surface area contributed by atoms with Gasteiger partial charge in [-0.1, -0.05) is 12.1 Å². The van der Waals surface area contributed by atoms with E-state index in [2.05, 4.69) is 20.6 Å². The van der Waals surface area contributed by atoms with Gasteiger partial charge in [0.1, 0.15) is 0 Å². The van der Waals surface area contributed by atoms with Crippen molar-refractivity contribution in [1.82, 2.24) is 19.8 Å². The Bertz CT molecular complexity index is 1280. The predicted molar refractivity (Wildman–Crippen MR) is 111 cm³/mol. The van der Waals surface area contributed by atoms with E-state index in [1.165, 1.54) is 6.07 Å². The molecule has 0 aliphatic carbocycles. The van der Waals surface area contributed by atoms with Gasteiger partial charge in [-0.3, -0.25) is 9.48 Å². The molecule has 18 heteroatoms. The topological polar surface area (TPSA) is 155 Å². The van der Waals surface area contributed by atoms with E-state index in [1.807, 2.05) is 4.72 Å². The van der Waals surface area contributed by atoms with Crippen molar-refractivity contribution >= 4 is 21.9 Å². The summed E-state index contributed by atoms with van der Waals surface area (Å²) >= 11 is 0. The molecule has 2 aliphatic rings. The van der Waals surface area contributed by atoms with Crippen LogP contribution in [0.2, 0.25) is 0 Å². The number of aromatic nitrogens is 2. The van der Waals surface area contributed by atoms with Crippen LogP contribution < -0.4 is 10.0 Å².